The van der Waals surface area contributed by atoms with E-state index in [1.54, 1.807) is 0 Å². The Hall–Kier alpha value is 0.367. The Balaban J connectivity index is -0.0000000400. The van der Waals surface area contributed by atoms with Gasteiger partial charge >= 0.3 is 30.4 Å². The normalized spacial score (nSPS) is 4.00. The Labute approximate surface area is 59.1 Å². The maximum atomic E-state index is 8.35. The van der Waals surface area contributed by atoms with Gasteiger partial charge < -0.3 is 8.42 Å². The van der Waals surface area contributed by atoms with Crippen molar-refractivity contribution in [2.24, 2.45) is 0 Å². The Morgan fingerprint density at radius 1 is 1.14 bits per heavy atom. The molecule has 0 heterocycles. The number of hydrogen-bond donors (Lipinski definition) is 0. The van der Waals surface area contributed by atoms with E-state index in [1.807, 2.05) is 0 Å². The summed E-state index contributed by atoms with van der Waals surface area (Å²) >= 11 is -1.83. The van der Waals surface area contributed by atoms with E-state index in [4.69, 9.17) is 16.8 Å². The molecule has 7 heteroatoms. The van der Waals surface area contributed by atoms with Crippen LogP contribution in [0.5, 0.6) is 0 Å². The minimum Gasteiger partial charge on any atom is -0.427 e. The van der Waals surface area contributed by atoms with Gasteiger partial charge in [-0.25, -0.2) is 0 Å². The summed E-state index contributed by atoms with van der Waals surface area (Å²) in [4.78, 5) is 0. The van der Waals surface area contributed by atoms with Gasteiger partial charge in [0.15, 0.2) is 0 Å². The predicted octanol–water partition coefficient (Wildman–Crippen LogP) is -4.17. The molecule has 0 fully saturated rings. The Morgan fingerprint density at radius 2 is 1.14 bits per heavy atom. The van der Waals surface area contributed by atoms with Crippen LogP contribution in [0.2, 0.25) is 0 Å². The average Bonchev–Trinajstić information content (AvgIpc) is 1.39. The van der Waals surface area contributed by atoms with E-state index in [2.05, 4.69) is 0 Å². The van der Waals surface area contributed by atoms with E-state index in [0.717, 1.165) is 0 Å². The summed E-state index contributed by atoms with van der Waals surface area (Å²) in [5.74, 6) is 0. The van der Waals surface area contributed by atoms with Crippen LogP contribution in [0.3, 0.4) is 0 Å². The molecule has 0 aliphatic rings. The molecule has 0 rings (SSSR count). The van der Waals surface area contributed by atoms with Crippen molar-refractivity contribution in [1.29, 1.82) is 0 Å². The van der Waals surface area contributed by atoms with Crippen LogP contribution < -0.4 is 18.9 Å². The van der Waals surface area contributed by atoms with Crippen LogP contribution in [0, 0.1) is 0 Å². The molecule has 0 spiro atoms. The van der Waals surface area contributed by atoms with E-state index in [9.17, 15) is 0 Å². The van der Waals surface area contributed by atoms with Gasteiger partial charge in [-0.3, -0.25) is 0 Å². The van der Waals surface area contributed by atoms with Crippen molar-refractivity contribution in [3.8, 4) is 0 Å². The van der Waals surface area contributed by atoms with Gasteiger partial charge in [-0.05, 0) is 0 Å². The van der Waals surface area contributed by atoms with Crippen LogP contribution in [-0.4, -0.2) is 8.42 Å². The molecule has 0 atom stereocenters. The van der Waals surface area contributed by atoms with Crippen molar-refractivity contribution in [3.05, 3.63) is 0 Å². The van der Waals surface area contributed by atoms with Crippen molar-refractivity contribution in [1.82, 2.24) is 0 Å². The third kappa shape index (κ3) is 900. The fraction of sp³-hybridized carbons (Fsp3) is 0. The molecule has 0 aliphatic carbocycles. The molecule has 0 aliphatic heterocycles. The minimum atomic E-state index is -1.08. The van der Waals surface area contributed by atoms with Gasteiger partial charge in [-0.15, -0.1) is 0 Å². The fourth-order valence-electron chi connectivity index (χ4n) is 0. The summed E-state index contributed by atoms with van der Waals surface area (Å²) in [5.41, 5.74) is 0. The van der Waals surface area contributed by atoms with E-state index < -0.39 is 23.1 Å². The zero-order chi connectivity index (χ0) is 5.41. The van der Waals surface area contributed by atoms with Gasteiger partial charge in [0.2, 0.25) is 0 Å². The summed E-state index contributed by atoms with van der Waals surface area (Å²) in [6, 6.07) is 0. The third-order valence-electron chi connectivity index (χ3n) is 0. The van der Waals surface area contributed by atoms with E-state index >= 15 is 0 Å². The van der Waals surface area contributed by atoms with Gasteiger partial charge in [0.1, 0.15) is 0 Å². The van der Waals surface area contributed by atoms with Crippen molar-refractivity contribution >= 4 is 23.1 Å². The molecule has 0 bridgehead atoms. The van der Waals surface area contributed by atoms with Crippen LogP contribution in [0.15, 0.2) is 0 Å². The molecule has 0 aromatic rings. The summed E-state index contributed by atoms with van der Waals surface area (Å²) in [5, 5.41) is 0. The maximum Gasteiger partial charge on any atom is 1.00 e. The third-order valence-corrected chi connectivity index (χ3v) is 0. The fourth-order valence-corrected chi connectivity index (χ4v) is 0. The monoisotopic (exact) mass is 136 g/mol. The Bertz CT molecular complexity index is 63.7. The SMILES string of the molecule is O=S=O.O=[SH-]=O.[Li+]. The number of thiol groups is 1. The van der Waals surface area contributed by atoms with E-state index in [1.165, 1.54) is 0 Å². The molecular weight excluding hydrogens is 135 g/mol. The topological polar surface area (TPSA) is 68.3 Å². The molecule has 0 saturated heterocycles. The molecule has 0 saturated carbocycles. The largest absolute Gasteiger partial charge is 1.00 e. The second-order valence-corrected chi connectivity index (χ2v) is 0.428. The van der Waals surface area contributed by atoms with Crippen molar-refractivity contribution in [3.63, 3.8) is 0 Å². The molecule has 7 heavy (non-hydrogen) atoms. The first-order chi connectivity index (χ1) is 2.83. The number of hydrogen-bond acceptors (Lipinski definition) is 5. The summed E-state index contributed by atoms with van der Waals surface area (Å²) in [6.45, 7) is 0. The zero-order valence-electron chi connectivity index (χ0n) is 3.49. The summed E-state index contributed by atoms with van der Waals surface area (Å²) in [7, 11) is 0. The summed E-state index contributed by atoms with van der Waals surface area (Å²) < 4.78 is 33.3. The van der Waals surface area contributed by atoms with Gasteiger partial charge in [0, 0.05) is 0 Å². The first kappa shape index (κ1) is 15.7. The molecule has 38 valence electrons. The molecule has 0 amide bonds. The van der Waals surface area contributed by atoms with Crippen LogP contribution in [-0.2, 0) is 31.6 Å². The predicted molar refractivity (Wildman–Crippen MR) is 19.1 cm³/mol. The van der Waals surface area contributed by atoms with Gasteiger partial charge in [0.05, 0.1) is 0 Å². The van der Waals surface area contributed by atoms with Crippen molar-refractivity contribution in [2.45, 2.75) is 0 Å². The first-order valence-electron chi connectivity index (χ1n) is 0.698. The average molecular weight is 136 g/mol. The molecule has 0 N–H and O–H groups in total. The molecule has 0 aromatic carbocycles. The maximum absolute atomic E-state index is 8.35. The molecule has 4 nitrogen and oxygen atoms in total. The standard InChI is InChI=1S/Li.HO2S.O2S/c;2*1-3-2/h;3H;/q+1;-1;. The van der Waals surface area contributed by atoms with Crippen LogP contribution in [0.25, 0.3) is 0 Å². The smallest absolute Gasteiger partial charge is 0.427 e. The Morgan fingerprint density at radius 3 is 1.14 bits per heavy atom. The minimum absolute atomic E-state index is 0. The second-order valence-electron chi connectivity index (χ2n) is 0.143. The molecular formula is HLiO4S2. The van der Waals surface area contributed by atoms with Crippen LogP contribution in [0.1, 0.15) is 0 Å². The second kappa shape index (κ2) is 32.7. The van der Waals surface area contributed by atoms with Crippen molar-refractivity contribution in [2.75, 3.05) is 0 Å². The van der Waals surface area contributed by atoms with Crippen LogP contribution >= 0.6 is 0 Å². The first-order valence-corrected chi connectivity index (χ1v) is 2.10. The van der Waals surface area contributed by atoms with Gasteiger partial charge in [-0.1, -0.05) is 11.6 Å². The van der Waals surface area contributed by atoms with E-state index in [-0.39, 0.29) is 18.9 Å². The molecule has 0 radical (unpaired) electrons. The number of rotatable bonds is 0. The Kier molecular flexibility index (Phi) is 73.2. The molecule has 0 aromatic heterocycles. The van der Waals surface area contributed by atoms with Crippen molar-refractivity contribution < 1.29 is 35.7 Å². The zero-order valence-corrected chi connectivity index (χ0v) is 5.20. The van der Waals surface area contributed by atoms with Gasteiger partial charge in [-0.2, -0.15) is 8.42 Å². The van der Waals surface area contributed by atoms with Gasteiger partial charge in [0.25, 0.3) is 0 Å². The van der Waals surface area contributed by atoms with E-state index in [0.29, 0.717) is 0 Å². The quantitative estimate of drug-likeness (QED) is 0.192. The van der Waals surface area contributed by atoms with Crippen LogP contribution in [0.4, 0.5) is 0 Å². The summed E-state index contributed by atoms with van der Waals surface area (Å²) in [6.07, 6.45) is 0. The molecule has 0 unspecified atom stereocenters.